The normalized spacial score (nSPS) is 9.19. The molecular formula is C42H50Cl10Mg2N6O2+6. The van der Waals surface area contributed by atoms with Gasteiger partial charge in [0.1, 0.15) is 13.1 Å². The SMILES string of the molecule is ClCCl.ClCCl.ClCCl.ClCCl.[Cl-].[Cl-].[Mg+2].[Mg+2].[O-]c1ccccc1C[NH+](Cc1cccc[nH+]1)Cc1cccc[nH+]1.[O-]c1ccccc1C[NH+](Cc1cccc[nH+]1)Cc1cccc[nH+]1. The van der Waals surface area contributed by atoms with Crippen LogP contribution in [0.25, 0.3) is 0 Å². The monoisotopic (exact) mass is 1070 g/mol. The molecule has 0 fully saturated rings. The fraction of sp³-hybridized carbons (Fsp3) is 0.238. The molecule has 6 N–H and O–H groups in total. The van der Waals surface area contributed by atoms with Crippen LogP contribution in [0.4, 0.5) is 0 Å². The van der Waals surface area contributed by atoms with Crippen LogP contribution >= 0.6 is 92.8 Å². The van der Waals surface area contributed by atoms with E-state index in [-0.39, 0.29) is 104 Å². The third-order valence-electron chi connectivity index (χ3n) is 7.68. The van der Waals surface area contributed by atoms with E-state index in [1.165, 1.54) is 9.80 Å². The van der Waals surface area contributed by atoms with Crippen molar-refractivity contribution >= 4 is 139 Å². The molecule has 20 heteroatoms. The number of aromatic amines is 4. The zero-order chi connectivity index (χ0) is 42.6. The molecule has 4 heterocycles. The maximum atomic E-state index is 12.0. The first kappa shape index (κ1) is 67.6. The molecule has 8 nitrogen and oxygen atoms in total. The first-order valence-corrected chi connectivity index (χ1v) is 22.0. The Morgan fingerprint density at radius 3 is 0.742 bits per heavy atom. The number of hydrogen-bond donors (Lipinski definition) is 2. The van der Waals surface area contributed by atoms with Crippen LogP contribution in [0, 0.1) is 0 Å². The maximum Gasteiger partial charge on any atom is 2.00 e. The van der Waals surface area contributed by atoms with Crippen molar-refractivity contribution in [1.29, 1.82) is 0 Å². The Morgan fingerprint density at radius 1 is 0.339 bits per heavy atom. The molecule has 0 unspecified atom stereocenters. The van der Waals surface area contributed by atoms with E-state index in [1.807, 2.05) is 97.6 Å². The number of quaternary nitrogens is 2. The number of nitrogens with one attached hydrogen (secondary N) is 6. The van der Waals surface area contributed by atoms with Gasteiger partial charge in [0, 0.05) is 48.5 Å². The Kier molecular flexibility index (Phi) is 50.7. The topological polar surface area (TPSA) is 112 Å². The summed E-state index contributed by atoms with van der Waals surface area (Å²) in [6.45, 7) is 4.72. The van der Waals surface area contributed by atoms with Crippen molar-refractivity contribution in [3.63, 3.8) is 0 Å². The Labute approximate surface area is 451 Å². The number of alkyl halides is 8. The maximum absolute atomic E-state index is 12.0. The van der Waals surface area contributed by atoms with Gasteiger partial charge < -0.3 is 44.8 Å². The second kappa shape index (κ2) is 46.5. The summed E-state index contributed by atoms with van der Waals surface area (Å²) in [5.41, 5.74) is 6.33. The van der Waals surface area contributed by atoms with Crippen LogP contribution in [0.3, 0.4) is 0 Å². The van der Waals surface area contributed by atoms with Gasteiger partial charge in [-0.25, -0.2) is 19.9 Å². The molecule has 0 radical (unpaired) electrons. The van der Waals surface area contributed by atoms with Crippen LogP contribution in [-0.4, -0.2) is 67.5 Å². The summed E-state index contributed by atoms with van der Waals surface area (Å²) in [7, 11) is 0. The first-order valence-electron chi connectivity index (χ1n) is 17.8. The largest absolute Gasteiger partial charge is 2.00 e. The molecule has 0 bridgehead atoms. The van der Waals surface area contributed by atoms with Gasteiger partial charge in [0.05, 0.1) is 21.4 Å². The summed E-state index contributed by atoms with van der Waals surface area (Å²) in [5, 5.41) is 24.8. The molecule has 0 aliphatic heterocycles. The fourth-order valence-electron chi connectivity index (χ4n) is 5.45. The molecule has 0 amide bonds. The van der Waals surface area contributed by atoms with E-state index in [2.05, 4.69) is 44.2 Å². The molecule has 62 heavy (non-hydrogen) atoms. The van der Waals surface area contributed by atoms with Gasteiger partial charge in [0.15, 0.2) is 51.0 Å². The number of hydrogen-bond acceptors (Lipinski definition) is 2. The average Bonchev–Trinajstić information content (AvgIpc) is 3.23. The van der Waals surface area contributed by atoms with Crippen molar-refractivity contribution in [2.45, 2.75) is 39.3 Å². The van der Waals surface area contributed by atoms with Gasteiger partial charge in [-0.1, -0.05) is 48.5 Å². The van der Waals surface area contributed by atoms with Crippen LogP contribution in [0.5, 0.6) is 11.5 Å². The molecule has 0 aliphatic carbocycles. The predicted octanol–water partition coefficient (Wildman–Crippen LogP) is -0.720. The van der Waals surface area contributed by atoms with Crippen molar-refractivity contribution in [3.8, 4) is 11.5 Å². The summed E-state index contributed by atoms with van der Waals surface area (Å²) in [4.78, 5) is 15.7. The van der Waals surface area contributed by atoms with E-state index < -0.39 is 0 Å². The smallest absolute Gasteiger partial charge is 1.00 e. The fourth-order valence-corrected chi connectivity index (χ4v) is 5.45. The van der Waals surface area contributed by atoms with E-state index in [4.69, 9.17) is 92.8 Å². The summed E-state index contributed by atoms with van der Waals surface area (Å²) in [6, 6.07) is 38.9. The first-order chi connectivity index (χ1) is 28.3. The number of rotatable bonds is 12. The van der Waals surface area contributed by atoms with Crippen LogP contribution in [-0.2, 0) is 39.3 Å². The molecule has 6 rings (SSSR count). The Bertz CT molecular complexity index is 1620. The van der Waals surface area contributed by atoms with Crippen LogP contribution in [0.2, 0.25) is 0 Å². The summed E-state index contributed by atoms with van der Waals surface area (Å²) in [6.07, 6.45) is 7.73. The summed E-state index contributed by atoms with van der Waals surface area (Å²) >= 11 is 38.1. The number of aromatic nitrogens is 4. The van der Waals surface area contributed by atoms with E-state index in [1.54, 1.807) is 24.3 Å². The third-order valence-corrected chi connectivity index (χ3v) is 7.68. The van der Waals surface area contributed by atoms with Gasteiger partial charge in [-0.15, -0.1) is 104 Å². The molecule has 328 valence electrons. The number of para-hydroxylation sites is 2. The van der Waals surface area contributed by atoms with Crippen LogP contribution in [0.15, 0.2) is 146 Å². The van der Waals surface area contributed by atoms with Gasteiger partial charge in [-0.05, 0) is 35.4 Å². The molecule has 0 spiro atoms. The minimum Gasteiger partial charge on any atom is -1.00 e. The van der Waals surface area contributed by atoms with Crippen molar-refractivity contribution < 1.29 is 64.8 Å². The van der Waals surface area contributed by atoms with Gasteiger partial charge in [-0.3, -0.25) is 0 Å². The van der Waals surface area contributed by atoms with Gasteiger partial charge in [0.2, 0.25) is 22.8 Å². The van der Waals surface area contributed by atoms with E-state index in [9.17, 15) is 10.2 Å². The standard InChI is InChI=1S/2C19H19N3O.4CH2Cl2.2ClH.2Mg/c2*23-19-10-2-1-7-16(19)13-22(14-17-8-3-5-11-20-17)15-18-9-4-6-12-21-18;4*2-1-3;;;;/h2*1-12,23H,13-15H2;4*1H2;2*1H;;/q;;;;;;;;2*+2/p+2. The number of benzene rings is 2. The zero-order valence-electron chi connectivity index (χ0n) is 33.9. The Morgan fingerprint density at radius 2 is 0.548 bits per heavy atom. The molecule has 4 aromatic heterocycles. The molecule has 0 saturated heterocycles. The molecule has 0 atom stereocenters. The van der Waals surface area contributed by atoms with Crippen LogP contribution in [0.1, 0.15) is 33.9 Å². The van der Waals surface area contributed by atoms with E-state index >= 15 is 0 Å². The Balaban J connectivity index is -0.000000411. The third kappa shape index (κ3) is 33.5. The van der Waals surface area contributed by atoms with Crippen molar-refractivity contribution in [2.75, 3.05) is 21.4 Å². The number of halogens is 10. The Hall–Kier alpha value is -1.01. The minimum atomic E-state index is 0. The summed E-state index contributed by atoms with van der Waals surface area (Å²) < 4.78 is 0. The molecule has 6 aromatic rings. The number of pyridine rings is 4. The van der Waals surface area contributed by atoms with E-state index in [0.29, 0.717) is 13.1 Å². The second-order valence-electron chi connectivity index (χ2n) is 11.7. The quantitative estimate of drug-likeness (QED) is 0.125. The molecule has 0 aliphatic rings. The van der Waals surface area contributed by atoms with Gasteiger partial charge in [0.25, 0.3) is 0 Å². The average molecular weight is 1070 g/mol. The predicted molar refractivity (Wildman–Crippen MR) is 246 cm³/mol. The number of H-pyrrole nitrogens is 4. The van der Waals surface area contributed by atoms with Gasteiger partial charge >= 0.3 is 46.1 Å². The zero-order valence-corrected chi connectivity index (χ0v) is 44.3. The molecule has 0 saturated carbocycles. The molecular weight excluding hydrogens is 1020 g/mol. The summed E-state index contributed by atoms with van der Waals surface area (Å²) in [5.74, 6) is 0.221. The van der Waals surface area contributed by atoms with Crippen molar-refractivity contribution in [1.82, 2.24) is 0 Å². The van der Waals surface area contributed by atoms with Gasteiger partial charge in [-0.2, -0.15) is 0 Å². The van der Waals surface area contributed by atoms with E-state index in [0.717, 1.165) is 60.1 Å². The second-order valence-corrected chi connectivity index (χ2v) is 15.0. The van der Waals surface area contributed by atoms with Crippen LogP contribution < -0.4 is 64.8 Å². The van der Waals surface area contributed by atoms with Crippen molar-refractivity contribution in [3.05, 3.63) is 180 Å². The molecule has 2 aromatic carbocycles. The van der Waals surface area contributed by atoms with Crippen molar-refractivity contribution in [2.24, 2.45) is 0 Å². The minimum absolute atomic E-state index is 0.